The number of nitrogens with one attached hydrogen (secondary N) is 1. The van der Waals surface area contributed by atoms with Crippen LogP contribution in [0, 0.1) is 6.92 Å². The SMILES string of the molecule is COc1ccc(CNC(=O)c2oc3ccccc3c2C)cn1. The van der Waals surface area contributed by atoms with Crippen LogP contribution in [0.15, 0.2) is 47.0 Å². The van der Waals surface area contributed by atoms with Gasteiger partial charge in [-0.1, -0.05) is 24.3 Å². The molecule has 0 aliphatic heterocycles. The number of aromatic nitrogens is 1. The Bertz CT molecular complexity index is 806. The van der Waals surface area contributed by atoms with Crippen molar-refractivity contribution in [2.24, 2.45) is 0 Å². The van der Waals surface area contributed by atoms with E-state index in [0.717, 1.165) is 22.1 Å². The fraction of sp³-hybridized carbons (Fsp3) is 0.176. The van der Waals surface area contributed by atoms with E-state index in [1.54, 1.807) is 19.4 Å². The normalized spacial score (nSPS) is 10.6. The fourth-order valence-corrected chi connectivity index (χ4v) is 2.29. The van der Waals surface area contributed by atoms with Crippen LogP contribution in [0.1, 0.15) is 21.7 Å². The Morgan fingerprint density at radius 3 is 2.77 bits per heavy atom. The third kappa shape index (κ3) is 2.65. The molecule has 0 saturated heterocycles. The van der Waals surface area contributed by atoms with Crippen molar-refractivity contribution >= 4 is 16.9 Å². The van der Waals surface area contributed by atoms with Crippen molar-refractivity contribution in [1.29, 1.82) is 0 Å². The van der Waals surface area contributed by atoms with Crippen LogP contribution in [-0.4, -0.2) is 18.0 Å². The van der Waals surface area contributed by atoms with Crippen LogP contribution in [-0.2, 0) is 6.54 Å². The van der Waals surface area contributed by atoms with Crippen LogP contribution < -0.4 is 10.1 Å². The lowest BCUT2D eigenvalue weighted by Crippen LogP contribution is -2.23. The minimum Gasteiger partial charge on any atom is -0.481 e. The van der Waals surface area contributed by atoms with Crippen LogP contribution in [0.4, 0.5) is 0 Å². The zero-order valence-electron chi connectivity index (χ0n) is 12.4. The summed E-state index contributed by atoms with van der Waals surface area (Å²) in [7, 11) is 1.56. The molecule has 5 heteroatoms. The van der Waals surface area contributed by atoms with Crippen LogP contribution in [0.25, 0.3) is 11.0 Å². The van der Waals surface area contributed by atoms with Gasteiger partial charge in [0.25, 0.3) is 5.91 Å². The zero-order valence-corrected chi connectivity index (χ0v) is 12.4. The second-order valence-electron chi connectivity index (χ2n) is 4.94. The first-order valence-electron chi connectivity index (χ1n) is 6.94. The number of amides is 1. The number of aryl methyl sites for hydroxylation is 1. The molecule has 0 aliphatic rings. The van der Waals surface area contributed by atoms with Gasteiger partial charge in [-0.3, -0.25) is 4.79 Å². The van der Waals surface area contributed by atoms with Gasteiger partial charge >= 0.3 is 0 Å². The summed E-state index contributed by atoms with van der Waals surface area (Å²) in [5.41, 5.74) is 2.46. The Kier molecular flexibility index (Phi) is 3.78. The average molecular weight is 296 g/mol. The molecule has 3 rings (SSSR count). The molecule has 0 spiro atoms. The summed E-state index contributed by atoms with van der Waals surface area (Å²) in [5.74, 6) is 0.662. The van der Waals surface area contributed by atoms with E-state index < -0.39 is 0 Å². The monoisotopic (exact) mass is 296 g/mol. The number of fused-ring (bicyclic) bond motifs is 1. The van der Waals surface area contributed by atoms with Crippen molar-refractivity contribution < 1.29 is 13.9 Å². The van der Waals surface area contributed by atoms with E-state index in [0.29, 0.717) is 18.2 Å². The number of furan rings is 1. The Hall–Kier alpha value is -2.82. The summed E-state index contributed by atoms with van der Waals surface area (Å²) in [5, 5.41) is 3.80. The minimum atomic E-state index is -0.232. The van der Waals surface area contributed by atoms with Gasteiger partial charge in [-0.25, -0.2) is 4.98 Å². The standard InChI is InChI=1S/C17H16N2O3/c1-11-13-5-3-4-6-14(13)22-16(11)17(20)19-10-12-7-8-15(21-2)18-9-12/h3-9H,10H2,1-2H3,(H,19,20). The number of para-hydroxylation sites is 1. The van der Waals surface area contributed by atoms with Crippen molar-refractivity contribution in [3.63, 3.8) is 0 Å². The van der Waals surface area contributed by atoms with Crippen LogP contribution >= 0.6 is 0 Å². The van der Waals surface area contributed by atoms with Crippen LogP contribution in [0.5, 0.6) is 5.88 Å². The Morgan fingerprint density at radius 2 is 2.09 bits per heavy atom. The lowest BCUT2D eigenvalue weighted by Gasteiger charge is -2.04. The zero-order chi connectivity index (χ0) is 15.5. The topological polar surface area (TPSA) is 64.4 Å². The number of carbonyl (C=O) groups excluding carboxylic acids is 1. The van der Waals surface area contributed by atoms with Gasteiger partial charge in [-0.15, -0.1) is 0 Å². The first kappa shape index (κ1) is 14.1. The second-order valence-corrected chi connectivity index (χ2v) is 4.94. The van der Waals surface area contributed by atoms with Gasteiger partial charge in [0.1, 0.15) is 5.58 Å². The molecule has 3 aromatic rings. The van der Waals surface area contributed by atoms with Crippen molar-refractivity contribution in [3.8, 4) is 5.88 Å². The molecule has 1 aromatic carbocycles. The van der Waals surface area contributed by atoms with E-state index >= 15 is 0 Å². The number of ether oxygens (including phenoxy) is 1. The summed E-state index contributed by atoms with van der Waals surface area (Å²) < 4.78 is 10.6. The molecule has 0 unspecified atom stereocenters. The van der Waals surface area contributed by atoms with Crippen LogP contribution in [0.3, 0.4) is 0 Å². The van der Waals surface area contributed by atoms with Gasteiger partial charge in [-0.2, -0.15) is 0 Å². The fourth-order valence-electron chi connectivity index (χ4n) is 2.29. The molecule has 1 amide bonds. The maximum atomic E-state index is 12.3. The quantitative estimate of drug-likeness (QED) is 0.803. The molecule has 0 bridgehead atoms. The summed E-state index contributed by atoms with van der Waals surface area (Å²) in [4.78, 5) is 16.4. The Balaban J connectivity index is 1.74. The number of nitrogens with zero attached hydrogens (tertiary/aromatic N) is 1. The van der Waals surface area contributed by atoms with E-state index in [-0.39, 0.29) is 5.91 Å². The van der Waals surface area contributed by atoms with E-state index in [4.69, 9.17) is 9.15 Å². The van der Waals surface area contributed by atoms with Crippen molar-refractivity contribution in [3.05, 3.63) is 59.5 Å². The highest BCUT2D eigenvalue weighted by molar-refractivity contribution is 5.98. The van der Waals surface area contributed by atoms with E-state index in [2.05, 4.69) is 10.3 Å². The average Bonchev–Trinajstić information content (AvgIpc) is 2.90. The van der Waals surface area contributed by atoms with Gasteiger partial charge in [0.05, 0.1) is 7.11 Å². The molecule has 112 valence electrons. The van der Waals surface area contributed by atoms with Crippen molar-refractivity contribution in [2.75, 3.05) is 7.11 Å². The van der Waals surface area contributed by atoms with Gasteiger partial charge in [0.15, 0.2) is 5.76 Å². The third-order valence-corrected chi connectivity index (χ3v) is 3.51. The molecule has 2 heterocycles. The van der Waals surface area contributed by atoms with Crippen LogP contribution in [0.2, 0.25) is 0 Å². The molecule has 22 heavy (non-hydrogen) atoms. The lowest BCUT2D eigenvalue weighted by molar-refractivity contribution is 0.0924. The van der Waals surface area contributed by atoms with E-state index in [1.807, 2.05) is 37.3 Å². The number of pyridine rings is 1. The molecule has 0 atom stereocenters. The minimum absolute atomic E-state index is 0.232. The maximum absolute atomic E-state index is 12.3. The molecule has 1 N–H and O–H groups in total. The highest BCUT2D eigenvalue weighted by atomic mass is 16.5. The molecule has 2 aromatic heterocycles. The summed E-state index contributed by atoms with van der Waals surface area (Å²) >= 11 is 0. The largest absolute Gasteiger partial charge is 0.481 e. The summed E-state index contributed by atoms with van der Waals surface area (Å²) in [6, 6.07) is 11.2. The van der Waals surface area contributed by atoms with Gasteiger partial charge in [0.2, 0.25) is 5.88 Å². The molecular formula is C17H16N2O3. The van der Waals surface area contributed by atoms with Gasteiger partial charge in [0, 0.05) is 29.8 Å². The molecule has 0 saturated carbocycles. The number of hydrogen-bond donors (Lipinski definition) is 1. The predicted molar refractivity (Wildman–Crippen MR) is 82.9 cm³/mol. The van der Waals surface area contributed by atoms with E-state index in [1.165, 1.54) is 0 Å². The summed E-state index contributed by atoms with van der Waals surface area (Å²) in [6.45, 7) is 2.27. The number of hydrogen-bond acceptors (Lipinski definition) is 4. The smallest absolute Gasteiger partial charge is 0.287 e. The highest BCUT2D eigenvalue weighted by Crippen LogP contribution is 2.24. The molecule has 0 fully saturated rings. The third-order valence-electron chi connectivity index (χ3n) is 3.51. The van der Waals surface area contributed by atoms with Crippen molar-refractivity contribution in [1.82, 2.24) is 10.3 Å². The van der Waals surface area contributed by atoms with Crippen molar-refractivity contribution in [2.45, 2.75) is 13.5 Å². The molecule has 5 nitrogen and oxygen atoms in total. The second kappa shape index (κ2) is 5.89. The number of rotatable bonds is 4. The lowest BCUT2D eigenvalue weighted by atomic mass is 10.1. The molecule has 0 aliphatic carbocycles. The van der Waals surface area contributed by atoms with E-state index in [9.17, 15) is 4.79 Å². The Morgan fingerprint density at radius 1 is 1.27 bits per heavy atom. The first-order chi connectivity index (χ1) is 10.7. The number of methoxy groups -OCH3 is 1. The van der Waals surface area contributed by atoms with Gasteiger partial charge in [-0.05, 0) is 18.6 Å². The van der Waals surface area contributed by atoms with Gasteiger partial charge < -0.3 is 14.5 Å². The number of carbonyl (C=O) groups is 1. The summed E-state index contributed by atoms with van der Waals surface area (Å²) in [6.07, 6.45) is 1.67. The Labute approximate surface area is 127 Å². The highest BCUT2D eigenvalue weighted by Gasteiger charge is 2.16. The predicted octanol–water partition coefficient (Wildman–Crippen LogP) is 3.07. The number of benzene rings is 1. The first-order valence-corrected chi connectivity index (χ1v) is 6.94. The molecular weight excluding hydrogens is 280 g/mol. The molecule has 0 radical (unpaired) electrons. The maximum Gasteiger partial charge on any atom is 0.287 e.